The number of phenols is 1. The molecule has 144 valence electrons. The van der Waals surface area contributed by atoms with Crippen LogP contribution in [0.4, 0.5) is 5.69 Å². The van der Waals surface area contributed by atoms with Crippen LogP contribution in [-0.2, 0) is 10.5 Å². The van der Waals surface area contributed by atoms with Gasteiger partial charge in [-0.1, -0.05) is 30.3 Å². The van der Waals surface area contributed by atoms with Gasteiger partial charge in [-0.05, 0) is 29.8 Å². The van der Waals surface area contributed by atoms with Gasteiger partial charge < -0.3 is 20.2 Å². The number of nitrogens with one attached hydrogen (secondary N) is 2. The molecule has 0 aliphatic carbocycles. The molecule has 0 spiro atoms. The Morgan fingerprint density at radius 3 is 2.48 bits per heavy atom. The summed E-state index contributed by atoms with van der Waals surface area (Å²) in [5, 5.41) is 12.4. The van der Waals surface area contributed by atoms with Crippen LogP contribution in [0.3, 0.4) is 0 Å². The van der Waals surface area contributed by atoms with E-state index in [9.17, 15) is 9.90 Å². The zero-order chi connectivity index (χ0) is 18.9. The van der Waals surface area contributed by atoms with E-state index in [0.29, 0.717) is 12.3 Å². The number of thioether (sulfide) groups is 1. The maximum Gasteiger partial charge on any atom is 0.275 e. The van der Waals surface area contributed by atoms with E-state index in [-0.39, 0.29) is 5.91 Å². The zero-order valence-electron chi connectivity index (χ0n) is 15.6. The van der Waals surface area contributed by atoms with E-state index in [1.807, 2.05) is 30.0 Å². The molecule has 0 unspecified atom stereocenters. The molecule has 0 atom stereocenters. The molecule has 5 nitrogen and oxygen atoms in total. The smallest absolute Gasteiger partial charge is 0.275 e. The van der Waals surface area contributed by atoms with Crippen molar-refractivity contribution in [1.29, 1.82) is 0 Å². The standard InChI is InChI=1S/C21H27N3O2S/c25-20-8-6-19(7-9-20)24-13-11-23(12-14-24)16-21(26)22-10-15-27-17-18-4-2-1-3-5-18/h1-9,25H,10-17H2,(H,22,26)/p+1. The van der Waals surface area contributed by atoms with Crippen LogP contribution < -0.4 is 15.1 Å². The highest BCUT2D eigenvalue weighted by atomic mass is 32.2. The lowest BCUT2D eigenvalue weighted by Crippen LogP contribution is -3.16. The van der Waals surface area contributed by atoms with Crippen molar-refractivity contribution in [2.45, 2.75) is 5.75 Å². The van der Waals surface area contributed by atoms with Gasteiger partial charge in [0, 0.05) is 23.7 Å². The predicted octanol–water partition coefficient (Wildman–Crippen LogP) is 1.15. The Bertz CT molecular complexity index is 701. The van der Waals surface area contributed by atoms with Gasteiger partial charge in [-0.25, -0.2) is 0 Å². The summed E-state index contributed by atoms with van der Waals surface area (Å²) in [4.78, 5) is 15.8. The van der Waals surface area contributed by atoms with Gasteiger partial charge >= 0.3 is 0 Å². The van der Waals surface area contributed by atoms with E-state index in [0.717, 1.165) is 49.9 Å². The molecule has 1 aliphatic rings. The lowest BCUT2D eigenvalue weighted by atomic mass is 10.2. The summed E-state index contributed by atoms with van der Waals surface area (Å²) in [6.07, 6.45) is 0. The molecule has 1 amide bonds. The second kappa shape index (κ2) is 10.2. The number of quaternary nitrogens is 1. The number of hydrogen-bond acceptors (Lipinski definition) is 4. The third-order valence-electron chi connectivity index (χ3n) is 4.78. The molecule has 0 aromatic heterocycles. The second-order valence-electron chi connectivity index (χ2n) is 6.82. The van der Waals surface area contributed by atoms with Crippen molar-refractivity contribution in [3.8, 4) is 5.75 Å². The Labute approximate surface area is 165 Å². The number of rotatable bonds is 8. The first-order valence-electron chi connectivity index (χ1n) is 9.46. The van der Waals surface area contributed by atoms with Gasteiger partial charge in [0.1, 0.15) is 5.75 Å². The summed E-state index contributed by atoms with van der Waals surface area (Å²) in [6, 6.07) is 17.7. The van der Waals surface area contributed by atoms with Crippen LogP contribution in [0.15, 0.2) is 54.6 Å². The van der Waals surface area contributed by atoms with Gasteiger partial charge in [0.15, 0.2) is 6.54 Å². The van der Waals surface area contributed by atoms with Crippen LogP contribution in [0.25, 0.3) is 0 Å². The monoisotopic (exact) mass is 386 g/mol. The number of hydrogen-bond donors (Lipinski definition) is 3. The van der Waals surface area contributed by atoms with E-state index in [1.165, 1.54) is 10.5 Å². The molecule has 2 aromatic rings. The number of carbonyl (C=O) groups excluding carboxylic acids is 1. The normalized spacial score (nSPS) is 14.9. The summed E-state index contributed by atoms with van der Waals surface area (Å²) in [5.74, 6) is 2.36. The topological polar surface area (TPSA) is 57.0 Å². The molecule has 1 saturated heterocycles. The van der Waals surface area contributed by atoms with E-state index in [4.69, 9.17) is 0 Å². The van der Waals surface area contributed by atoms with Gasteiger partial charge in [-0.15, -0.1) is 0 Å². The first-order chi connectivity index (χ1) is 13.2. The maximum absolute atomic E-state index is 12.2. The zero-order valence-corrected chi connectivity index (χ0v) is 16.4. The summed E-state index contributed by atoms with van der Waals surface area (Å²) < 4.78 is 0. The fraction of sp³-hybridized carbons (Fsp3) is 0.381. The summed E-state index contributed by atoms with van der Waals surface area (Å²) in [5.41, 5.74) is 2.46. The Morgan fingerprint density at radius 1 is 1.07 bits per heavy atom. The summed E-state index contributed by atoms with van der Waals surface area (Å²) in [6.45, 7) is 5.05. The molecular weight excluding hydrogens is 358 g/mol. The number of phenolic OH excluding ortho intramolecular Hbond substituents is 1. The van der Waals surface area contributed by atoms with E-state index in [1.54, 1.807) is 12.1 Å². The molecule has 1 fully saturated rings. The molecule has 1 heterocycles. The minimum Gasteiger partial charge on any atom is -0.508 e. The van der Waals surface area contributed by atoms with Gasteiger partial charge in [0.05, 0.1) is 26.2 Å². The van der Waals surface area contributed by atoms with Crippen LogP contribution in [-0.4, -0.2) is 56.0 Å². The van der Waals surface area contributed by atoms with Crippen LogP contribution in [0, 0.1) is 0 Å². The first kappa shape index (κ1) is 19.6. The average molecular weight is 387 g/mol. The Balaban J connectivity index is 1.28. The Hall–Kier alpha value is -2.18. The Morgan fingerprint density at radius 2 is 1.78 bits per heavy atom. The summed E-state index contributed by atoms with van der Waals surface area (Å²) in [7, 11) is 0. The van der Waals surface area contributed by atoms with E-state index in [2.05, 4.69) is 34.5 Å². The van der Waals surface area contributed by atoms with Crippen molar-refractivity contribution in [2.75, 3.05) is 49.9 Å². The molecule has 27 heavy (non-hydrogen) atoms. The minimum atomic E-state index is 0.142. The van der Waals surface area contributed by atoms with E-state index < -0.39 is 0 Å². The lowest BCUT2D eigenvalue weighted by molar-refractivity contribution is -0.892. The molecule has 0 saturated carbocycles. The number of benzene rings is 2. The van der Waals surface area contributed by atoms with Crippen molar-refractivity contribution >= 4 is 23.4 Å². The molecule has 0 radical (unpaired) electrons. The largest absolute Gasteiger partial charge is 0.508 e. The highest BCUT2D eigenvalue weighted by molar-refractivity contribution is 7.98. The van der Waals surface area contributed by atoms with Gasteiger partial charge in [0.25, 0.3) is 5.91 Å². The van der Waals surface area contributed by atoms with Crippen LogP contribution in [0.1, 0.15) is 5.56 Å². The second-order valence-corrected chi connectivity index (χ2v) is 7.92. The molecule has 2 aromatic carbocycles. The molecule has 6 heteroatoms. The summed E-state index contributed by atoms with van der Waals surface area (Å²) >= 11 is 1.85. The quantitative estimate of drug-likeness (QED) is 0.596. The van der Waals surface area contributed by atoms with E-state index >= 15 is 0 Å². The highest BCUT2D eigenvalue weighted by Crippen LogP contribution is 2.18. The van der Waals surface area contributed by atoms with Crippen molar-refractivity contribution in [1.82, 2.24) is 5.32 Å². The SMILES string of the molecule is O=C(C[NH+]1CCN(c2ccc(O)cc2)CC1)NCCSCc1ccccc1. The van der Waals surface area contributed by atoms with Crippen LogP contribution in [0.2, 0.25) is 0 Å². The van der Waals surface area contributed by atoms with Gasteiger partial charge in [0.2, 0.25) is 0 Å². The average Bonchev–Trinajstić information content (AvgIpc) is 2.70. The number of amides is 1. The number of aromatic hydroxyl groups is 1. The van der Waals surface area contributed by atoms with Crippen molar-refractivity contribution in [3.05, 3.63) is 60.2 Å². The first-order valence-corrected chi connectivity index (χ1v) is 10.6. The van der Waals surface area contributed by atoms with Crippen LogP contribution in [0.5, 0.6) is 5.75 Å². The van der Waals surface area contributed by atoms with Crippen molar-refractivity contribution in [3.63, 3.8) is 0 Å². The van der Waals surface area contributed by atoms with Gasteiger partial charge in [-0.2, -0.15) is 11.8 Å². The van der Waals surface area contributed by atoms with Crippen molar-refractivity contribution < 1.29 is 14.8 Å². The predicted molar refractivity (Wildman–Crippen MR) is 111 cm³/mol. The third kappa shape index (κ3) is 6.48. The third-order valence-corrected chi connectivity index (χ3v) is 5.81. The number of piperazine rings is 1. The fourth-order valence-electron chi connectivity index (χ4n) is 3.24. The number of nitrogens with zero attached hydrogens (tertiary/aromatic N) is 1. The molecule has 3 rings (SSSR count). The number of carbonyl (C=O) groups is 1. The Kier molecular flexibility index (Phi) is 7.42. The molecule has 3 N–H and O–H groups in total. The maximum atomic E-state index is 12.2. The van der Waals surface area contributed by atoms with Gasteiger partial charge in [-0.3, -0.25) is 4.79 Å². The fourth-order valence-corrected chi connectivity index (χ4v) is 4.06. The molecular formula is C21H28N3O2S+. The lowest BCUT2D eigenvalue weighted by Gasteiger charge is -2.33. The minimum absolute atomic E-state index is 0.142. The van der Waals surface area contributed by atoms with Crippen molar-refractivity contribution in [2.24, 2.45) is 0 Å². The molecule has 1 aliphatic heterocycles. The highest BCUT2D eigenvalue weighted by Gasteiger charge is 2.22. The number of anilines is 1. The molecule has 0 bridgehead atoms. The van der Waals surface area contributed by atoms with Crippen LogP contribution >= 0.6 is 11.8 Å².